The van der Waals surface area contributed by atoms with Gasteiger partial charge in [-0.05, 0) is 25.5 Å². The van der Waals surface area contributed by atoms with E-state index in [0.717, 1.165) is 24.5 Å². The van der Waals surface area contributed by atoms with Crippen LogP contribution in [0.2, 0.25) is 0 Å². The Bertz CT molecular complexity index is 315. The molecular formula is C11H19N3O. The fraction of sp³-hybridized carbons (Fsp3) is 0.545. The number of ether oxygens (including phenoxy) is 1. The monoisotopic (exact) mass is 209 g/mol. The van der Waals surface area contributed by atoms with Crippen LogP contribution in [0.1, 0.15) is 12.5 Å². The summed E-state index contributed by atoms with van der Waals surface area (Å²) in [4.78, 5) is 6.53. The molecule has 4 heteroatoms. The van der Waals surface area contributed by atoms with Crippen LogP contribution in [0, 0.1) is 6.92 Å². The first-order valence-electron chi connectivity index (χ1n) is 5.15. The number of hydrogen-bond donors (Lipinski definition) is 1. The molecule has 0 aliphatic carbocycles. The Morgan fingerprint density at radius 2 is 2.27 bits per heavy atom. The summed E-state index contributed by atoms with van der Waals surface area (Å²) in [5.41, 5.74) is 7.48. The van der Waals surface area contributed by atoms with Crippen LogP contribution in [-0.4, -0.2) is 31.8 Å². The molecule has 0 spiro atoms. The van der Waals surface area contributed by atoms with Gasteiger partial charge in [0.1, 0.15) is 5.82 Å². The van der Waals surface area contributed by atoms with E-state index < -0.39 is 0 Å². The number of nitrogens with two attached hydrogens (primary N) is 1. The van der Waals surface area contributed by atoms with Crippen LogP contribution >= 0.6 is 0 Å². The number of anilines is 2. The van der Waals surface area contributed by atoms with Crippen molar-refractivity contribution in [3.63, 3.8) is 0 Å². The van der Waals surface area contributed by atoms with Crippen molar-refractivity contribution in [3.05, 3.63) is 17.8 Å². The van der Waals surface area contributed by atoms with E-state index in [1.54, 1.807) is 13.3 Å². The third kappa shape index (κ3) is 3.09. The highest BCUT2D eigenvalue weighted by molar-refractivity contribution is 5.52. The fourth-order valence-electron chi connectivity index (χ4n) is 1.54. The summed E-state index contributed by atoms with van der Waals surface area (Å²) < 4.78 is 5.07. The molecule has 1 heterocycles. The van der Waals surface area contributed by atoms with E-state index in [0.29, 0.717) is 12.3 Å². The Kier molecular flexibility index (Phi) is 4.37. The van der Waals surface area contributed by atoms with Gasteiger partial charge in [-0.3, -0.25) is 0 Å². The van der Waals surface area contributed by atoms with E-state index in [9.17, 15) is 0 Å². The van der Waals surface area contributed by atoms with E-state index in [1.807, 2.05) is 13.0 Å². The number of aromatic nitrogens is 1. The molecule has 1 aromatic heterocycles. The van der Waals surface area contributed by atoms with E-state index in [4.69, 9.17) is 10.5 Å². The lowest BCUT2D eigenvalue weighted by Gasteiger charge is -2.23. The maximum atomic E-state index is 5.66. The second kappa shape index (κ2) is 5.56. The van der Waals surface area contributed by atoms with Gasteiger partial charge in [-0.2, -0.15) is 0 Å². The summed E-state index contributed by atoms with van der Waals surface area (Å²) in [6.45, 7) is 6.60. The van der Waals surface area contributed by atoms with Gasteiger partial charge in [-0.15, -0.1) is 0 Å². The average molecular weight is 209 g/mol. The molecule has 0 fully saturated rings. The first kappa shape index (κ1) is 11.8. The zero-order valence-corrected chi connectivity index (χ0v) is 9.66. The second-order valence-corrected chi connectivity index (χ2v) is 3.48. The van der Waals surface area contributed by atoms with Gasteiger partial charge in [0.25, 0.3) is 0 Å². The molecule has 4 nitrogen and oxygen atoms in total. The van der Waals surface area contributed by atoms with Crippen molar-refractivity contribution < 1.29 is 4.74 Å². The minimum absolute atomic E-state index is 0.707. The van der Waals surface area contributed by atoms with E-state index in [1.165, 1.54) is 0 Å². The number of pyridine rings is 1. The molecule has 0 aromatic carbocycles. The van der Waals surface area contributed by atoms with Crippen LogP contribution in [-0.2, 0) is 4.74 Å². The Morgan fingerprint density at radius 3 is 2.80 bits per heavy atom. The van der Waals surface area contributed by atoms with Crippen molar-refractivity contribution in [1.82, 2.24) is 4.98 Å². The largest absolute Gasteiger partial charge is 0.397 e. The number of hydrogen-bond acceptors (Lipinski definition) is 4. The molecule has 0 saturated carbocycles. The molecule has 2 N–H and O–H groups in total. The van der Waals surface area contributed by atoms with E-state index in [2.05, 4.69) is 16.8 Å². The molecule has 0 bridgehead atoms. The third-order valence-electron chi connectivity index (χ3n) is 2.32. The first-order chi connectivity index (χ1) is 7.19. The minimum atomic E-state index is 0.707. The summed E-state index contributed by atoms with van der Waals surface area (Å²) in [5.74, 6) is 0.990. The number of methoxy groups -OCH3 is 1. The molecule has 0 aliphatic heterocycles. The van der Waals surface area contributed by atoms with Crippen LogP contribution in [0.5, 0.6) is 0 Å². The summed E-state index contributed by atoms with van der Waals surface area (Å²) in [7, 11) is 1.71. The minimum Gasteiger partial charge on any atom is -0.397 e. The van der Waals surface area contributed by atoms with Crippen LogP contribution in [0.4, 0.5) is 11.5 Å². The molecule has 15 heavy (non-hydrogen) atoms. The Labute approximate surface area is 91.1 Å². The van der Waals surface area contributed by atoms with Gasteiger partial charge in [-0.25, -0.2) is 4.98 Å². The van der Waals surface area contributed by atoms with Crippen LogP contribution in [0.3, 0.4) is 0 Å². The lowest BCUT2D eigenvalue weighted by molar-refractivity contribution is 0.205. The number of rotatable bonds is 5. The topological polar surface area (TPSA) is 51.4 Å². The van der Waals surface area contributed by atoms with Crippen LogP contribution < -0.4 is 10.6 Å². The van der Waals surface area contributed by atoms with Gasteiger partial charge in [0.2, 0.25) is 0 Å². The van der Waals surface area contributed by atoms with Crippen molar-refractivity contribution in [2.45, 2.75) is 13.8 Å². The molecular weight excluding hydrogens is 190 g/mol. The highest BCUT2D eigenvalue weighted by atomic mass is 16.5. The smallest absolute Gasteiger partial charge is 0.131 e. The summed E-state index contributed by atoms with van der Waals surface area (Å²) >= 11 is 0. The molecule has 0 atom stereocenters. The summed E-state index contributed by atoms with van der Waals surface area (Å²) in [5, 5.41) is 0. The number of nitrogen functional groups attached to an aromatic ring is 1. The number of aryl methyl sites for hydroxylation is 1. The maximum absolute atomic E-state index is 5.66. The Morgan fingerprint density at radius 1 is 1.53 bits per heavy atom. The van der Waals surface area contributed by atoms with Crippen molar-refractivity contribution in [2.24, 2.45) is 0 Å². The van der Waals surface area contributed by atoms with Gasteiger partial charge in [0, 0.05) is 20.2 Å². The van der Waals surface area contributed by atoms with E-state index >= 15 is 0 Å². The maximum Gasteiger partial charge on any atom is 0.131 e. The highest BCUT2D eigenvalue weighted by Gasteiger charge is 2.08. The second-order valence-electron chi connectivity index (χ2n) is 3.48. The first-order valence-corrected chi connectivity index (χ1v) is 5.15. The predicted molar refractivity (Wildman–Crippen MR) is 63.1 cm³/mol. The quantitative estimate of drug-likeness (QED) is 0.797. The van der Waals surface area contributed by atoms with Gasteiger partial charge in [-0.1, -0.05) is 0 Å². The lowest BCUT2D eigenvalue weighted by atomic mass is 10.2. The van der Waals surface area contributed by atoms with Crippen molar-refractivity contribution in [3.8, 4) is 0 Å². The number of nitrogens with zero attached hydrogens (tertiary/aromatic N) is 2. The van der Waals surface area contributed by atoms with Crippen LogP contribution in [0.15, 0.2) is 12.3 Å². The zero-order valence-electron chi connectivity index (χ0n) is 9.66. The molecule has 0 amide bonds. The Balaban J connectivity index is 2.81. The third-order valence-corrected chi connectivity index (χ3v) is 2.32. The number of likely N-dealkylation sites (N-methyl/N-ethyl adjacent to an activating group) is 1. The normalized spacial score (nSPS) is 10.3. The molecule has 0 unspecified atom stereocenters. The predicted octanol–water partition coefficient (Wildman–Crippen LogP) is 1.44. The van der Waals surface area contributed by atoms with Crippen LogP contribution in [0.25, 0.3) is 0 Å². The highest BCUT2D eigenvalue weighted by Crippen LogP contribution is 2.18. The molecule has 0 radical (unpaired) electrons. The Hall–Kier alpha value is -1.29. The van der Waals surface area contributed by atoms with E-state index in [-0.39, 0.29) is 0 Å². The fourth-order valence-corrected chi connectivity index (χ4v) is 1.54. The van der Waals surface area contributed by atoms with Crippen molar-refractivity contribution in [2.75, 3.05) is 37.4 Å². The molecule has 1 aromatic rings. The van der Waals surface area contributed by atoms with Gasteiger partial charge >= 0.3 is 0 Å². The molecule has 0 aliphatic rings. The van der Waals surface area contributed by atoms with Gasteiger partial charge < -0.3 is 15.4 Å². The standard InChI is InChI=1S/C11H19N3O/c1-4-14(5-6-15-3)11-9(2)7-10(12)8-13-11/h7-8H,4-6,12H2,1-3H3. The van der Waals surface area contributed by atoms with Gasteiger partial charge in [0.15, 0.2) is 0 Å². The molecule has 1 rings (SSSR count). The molecule has 0 saturated heterocycles. The van der Waals surface area contributed by atoms with Crippen molar-refractivity contribution in [1.29, 1.82) is 0 Å². The average Bonchev–Trinajstić information content (AvgIpc) is 2.21. The SMILES string of the molecule is CCN(CCOC)c1ncc(N)cc1C. The summed E-state index contributed by atoms with van der Waals surface area (Å²) in [6, 6.07) is 1.94. The summed E-state index contributed by atoms with van der Waals surface area (Å²) in [6.07, 6.45) is 1.69. The lowest BCUT2D eigenvalue weighted by Crippen LogP contribution is -2.28. The molecule has 84 valence electrons. The van der Waals surface area contributed by atoms with Crippen molar-refractivity contribution >= 4 is 11.5 Å². The van der Waals surface area contributed by atoms with Gasteiger partial charge in [0.05, 0.1) is 18.5 Å². The zero-order chi connectivity index (χ0) is 11.3.